The molecule has 0 aliphatic heterocycles. The van der Waals surface area contributed by atoms with Crippen molar-refractivity contribution in [2.24, 2.45) is 0 Å². The van der Waals surface area contributed by atoms with Gasteiger partial charge in [-0.3, -0.25) is 4.79 Å². The summed E-state index contributed by atoms with van der Waals surface area (Å²) in [6.45, 7) is 3.87. The molecule has 1 nitrogen and oxygen atoms in total. The number of Topliss-reactive ketones (excluding diaryl/α,β-unsaturated/α-hetero) is 1. The predicted octanol–water partition coefficient (Wildman–Crippen LogP) is 3.35. The number of carbonyl (C=O) groups is 1. The van der Waals surface area contributed by atoms with E-state index in [1.54, 1.807) is 0 Å². The number of benzene rings is 1. The van der Waals surface area contributed by atoms with Crippen molar-refractivity contribution >= 4 is 21.7 Å². The van der Waals surface area contributed by atoms with Gasteiger partial charge in [-0.2, -0.15) is 0 Å². The molecule has 0 amide bonds. The highest BCUT2D eigenvalue weighted by Crippen LogP contribution is 2.19. The third kappa shape index (κ3) is 1.95. The van der Waals surface area contributed by atoms with Gasteiger partial charge in [0.2, 0.25) is 0 Å². The molecular weight excluding hydrogens is 216 g/mol. The van der Waals surface area contributed by atoms with Crippen molar-refractivity contribution in [3.8, 4) is 0 Å². The Morgan fingerprint density at radius 2 is 2.17 bits per heavy atom. The van der Waals surface area contributed by atoms with Gasteiger partial charge in [0.1, 0.15) is 0 Å². The second-order valence-electron chi connectivity index (χ2n) is 2.76. The molecule has 1 aromatic carbocycles. The van der Waals surface area contributed by atoms with Crippen LogP contribution in [0, 0.1) is 6.92 Å². The van der Waals surface area contributed by atoms with E-state index in [2.05, 4.69) is 15.9 Å². The predicted molar refractivity (Wildman–Crippen MR) is 53.5 cm³/mol. The molecule has 0 N–H and O–H groups in total. The first-order valence-corrected chi connectivity index (χ1v) is 4.73. The van der Waals surface area contributed by atoms with Crippen LogP contribution in [0.5, 0.6) is 0 Å². The molecule has 2 heteroatoms. The summed E-state index contributed by atoms with van der Waals surface area (Å²) >= 11 is 3.37. The summed E-state index contributed by atoms with van der Waals surface area (Å²) in [5.41, 5.74) is 1.94. The highest BCUT2D eigenvalue weighted by molar-refractivity contribution is 9.10. The maximum atomic E-state index is 11.3. The Bertz CT molecular complexity index is 305. The van der Waals surface area contributed by atoms with Crippen molar-refractivity contribution in [3.63, 3.8) is 0 Å². The average molecular weight is 227 g/mol. The van der Waals surface area contributed by atoms with E-state index in [9.17, 15) is 4.79 Å². The first-order valence-electron chi connectivity index (χ1n) is 3.94. The van der Waals surface area contributed by atoms with Crippen molar-refractivity contribution in [1.29, 1.82) is 0 Å². The van der Waals surface area contributed by atoms with Crippen molar-refractivity contribution in [1.82, 2.24) is 0 Å². The average Bonchev–Trinajstić information content (AvgIpc) is 2.03. The molecule has 0 bridgehead atoms. The van der Waals surface area contributed by atoms with Gasteiger partial charge in [-0.1, -0.05) is 35.0 Å². The fraction of sp³-hybridized carbons (Fsp3) is 0.300. The first kappa shape index (κ1) is 9.46. The molecule has 0 radical (unpaired) electrons. The molecule has 0 saturated carbocycles. The highest BCUT2D eigenvalue weighted by Gasteiger charge is 2.06. The lowest BCUT2D eigenvalue weighted by molar-refractivity contribution is 0.0987. The zero-order valence-corrected chi connectivity index (χ0v) is 8.81. The molecule has 0 fully saturated rings. The van der Waals surface area contributed by atoms with Crippen LogP contribution in [0.25, 0.3) is 0 Å². The Hall–Kier alpha value is -0.630. The Kier molecular flexibility index (Phi) is 3.04. The number of rotatable bonds is 2. The zero-order chi connectivity index (χ0) is 9.14. The smallest absolute Gasteiger partial charge is 0.163 e. The minimum atomic E-state index is 0.182. The summed E-state index contributed by atoms with van der Waals surface area (Å²) in [7, 11) is 0. The Labute approximate surface area is 80.9 Å². The standard InChI is InChI=1S/C10H11BrO/c1-3-10(12)8-5-4-7(2)6-9(8)11/h4-6H,3H2,1-2H3. The number of hydrogen-bond donors (Lipinski definition) is 0. The van der Waals surface area contributed by atoms with E-state index in [1.807, 2.05) is 32.0 Å². The second-order valence-corrected chi connectivity index (χ2v) is 3.61. The lowest BCUT2D eigenvalue weighted by atomic mass is 10.1. The van der Waals surface area contributed by atoms with Crippen LogP contribution in [0.1, 0.15) is 29.3 Å². The van der Waals surface area contributed by atoms with Crippen LogP contribution < -0.4 is 0 Å². The number of aryl methyl sites for hydroxylation is 1. The summed E-state index contributed by atoms with van der Waals surface area (Å²) in [6, 6.07) is 5.78. The number of halogens is 1. The topological polar surface area (TPSA) is 17.1 Å². The van der Waals surface area contributed by atoms with Gasteiger partial charge >= 0.3 is 0 Å². The van der Waals surface area contributed by atoms with Crippen molar-refractivity contribution in [2.45, 2.75) is 20.3 Å². The maximum Gasteiger partial charge on any atom is 0.163 e. The van der Waals surface area contributed by atoms with Crippen LogP contribution in [-0.4, -0.2) is 5.78 Å². The highest BCUT2D eigenvalue weighted by atomic mass is 79.9. The molecule has 0 aromatic heterocycles. The number of carbonyl (C=O) groups excluding carboxylic acids is 1. The normalized spacial score (nSPS) is 9.92. The van der Waals surface area contributed by atoms with E-state index in [1.165, 1.54) is 0 Å². The summed E-state index contributed by atoms with van der Waals surface area (Å²) < 4.78 is 0.898. The lowest BCUT2D eigenvalue weighted by Crippen LogP contribution is -1.97. The third-order valence-electron chi connectivity index (χ3n) is 1.75. The van der Waals surface area contributed by atoms with Crippen molar-refractivity contribution in [3.05, 3.63) is 33.8 Å². The molecule has 12 heavy (non-hydrogen) atoms. The van der Waals surface area contributed by atoms with Gasteiger partial charge in [0.05, 0.1) is 0 Å². The van der Waals surface area contributed by atoms with Gasteiger partial charge in [-0.05, 0) is 18.6 Å². The quantitative estimate of drug-likeness (QED) is 0.708. The molecular formula is C10H11BrO. The van der Waals surface area contributed by atoms with E-state index >= 15 is 0 Å². The van der Waals surface area contributed by atoms with Crippen molar-refractivity contribution in [2.75, 3.05) is 0 Å². The molecule has 1 aromatic rings. The van der Waals surface area contributed by atoms with Crippen LogP contribution in [0.15, 0.2) is 22.7 Å². The molecule has 0 unspecified atom stereocenters. The maximum absolute atomic E-state index is 11.3. The van der Waals surface area contributed by atoms with E-state index < -0.39 is 0 Å². The van der Waals surface area contributed by atoms with Crippen LogP contribution in [0.2, 0.25) is 0 Å². The second kappa shape index (κ2) is 3.85. The summed E-state index contributed by atoms with van der Waals surface area (Å²) in [4.78, 5) is 11.3. The summed E-state index contributed by atoms with van der Waals surface area (Å²) in [6.07, 6.45) is 0.557. The van der Waals surface area contributed by atoms with Gasteiger partial charge in [-0.25, -0.2) is 0 Å². The molecule has 64 valence electrons. The minimum absolute atomic E-state index is 0.182. The molecule has 0 saturated heterocycles. The van der Waals surface area contributed by atoms with Crippen LogP contribution >= 0.6 is 15.9 Å². The minimum Gasteiger partial charge on any atom is -0.294 e. The molecule has 0 atom stereocenters. The van der Waals surface area contributed by atoms with E-state index in [-0.39, 0.29) is 5.78 Å². The SMILES string of the molecule is CCC(=O)c1ccc(C)cc1Br. The van der Waals surface area contributed by atoms with E-state index in [0.29, 0.717) is 6.42 Å². The van der Waals surface area contributed by atoms with Gasteiger partial charge in [0, 0.05) is 16.5 Å². The fourth-order valence-corrected chi connectivity index (χ4v) is 1.75. The van der Waals surface area contributed by atoms with E-state index in [0.717, 1.165) is 15.6 Å². The molecule has 0 aliphatic carbocycles. The Balaban J connectivity index is 3.09. The van der Waals surface area contributed by atoms with Crippen molar-refractivity contribution < 1.29 is 4.79 Å². The van der Waals surface area contributed by atoms with Gasteiger partial charge < -0.3 is 0 Å². The van der Waals surface area contributed by atoms with Crippen LogP contribution in [-0.2, 0) is 0 Å². The molecule has 0 heterocycles. The largest absolute Gasteiger partial charge is 0.294 e. The van der Waals surface area contributed by atoms with Crippen LogP contribution in [0.3, 0.4) is 0 Å². The Morgan fingerprint density at radius 3 is 2.67 bits per heavy atom. The number of ketones is 1. The number of hydrogen-bond acceptors (Lipinski definition) is 1. The van der Waals surface area contributed by atoms with E-state index in [4.69, 9.17) is 0 Å². The Morgan fingerprint density at radius 1 is 1.50 bits per heavy atom. The zero-order valence-electron chi connectivity index (χ0n) is 7.23. The fourth-order valence-electron chi connectivity index (χ4n) is 1.04. The summed E-state index contributed by atoms with van der Waals surface area (Å²) in [5.74, 6) is 0.182. The van der Waals surface area contributed by atoms with Gasteiger partial charge in [0.15, 0.2) is 5.78 Å². The van der Waals surface area contributed by atoms with Crippen LogP contribution in [0.4, 0.5) is 0 Å². The first-order chi connectivity index (χ1) is 5.65. The van der Waals surface area contributed by atoms with Gasteiger partial charge in [-0.15, -0.1) is 0 Å². The molecule has 1 rings (SSSR count). The summed E-state index contributed by atoms with van der Waals surface area (Å²) in [5, 5.41) is 0. The monoisotopic (exact) mass is 226 g/mol. The van der Waals surface area contributed by atoms with Gasteiger partial charge in [0.25, 0.3) is 0 Å². The lowest BCUT2D eigenvalue weighted by Gasteiger charge is -2.01. The molecule has 0 aliphatic rings. The third-order valence-corrected chi connectivity index (χ3v) is 2.40. The molecule has 0 spiro atoms.